The molecule has 0 aliphatic carbocycles. The summed E-state index contributed by atoms with van der Waals surface area (Å²) >= 11 is 31.6. The van der Waals surface area contributed by atoms with Crippen LogP contribution in [-0.4, -0.2) is 19.6 Å². The van der Waals surface area contributed by atoms with Gasteiger partial charge in [0.05, 0.1) is 24.5 Å². The first-order valence-electron chi connectivity index (χ1n) is 12.2. The lowest BCUT2D eigenvalue weighted by molar-refractivity contribution is 0.362. The van der Waals surface area contributed by atoms with Crippen molar-refractivity contribution in [1.82, 2.24) is 19.6 Å². The molecule has 0 N–H and O–H groups in total. The highest BCUT2D eigenvalue weighted by atomic mass is 35.5. The first kappa shape index (κ1) is 26.5. The Hall–Kier alpha value is -2.67. The molecule has 0 unspecified atom stereocenters. The number of fused-ring (bicyclic) bond motifs is 2. The number of halogens is 5. The Kier molecular flexibility index (Phi) is 7.07. The molecule has 1 aliphatic rings. The highest BCUT2D eigenvalue weighted by molar-refractivity contribution is 6.35. The molecule has 5 aromatic rings. The maximum absolute atomic E-state index is 6.67. The average molecular weight is 619 g/mol. The largest absolute Gasteiger partial charge is 0.421 e. The van der Waals surface area contributed by atoms with Gasteiger partial charge >= 0.3 is 0 Å². The Morgan fingerprint density at radius 1 is 0.641 bits per heavy atom. The Morgan fingerprint density at radius 3 is 1.51 bits per heavy atom. The Morgan fingerprint density at radius 2 is 1.08 bits per heavy atom. The lowest BCUT2D eigenvalue weighted by Gasteiger charge is -2.26. The number of aryl methyl sites for hydroxylation is 2. The van der Waals surface area contributed by atoms with Crippen LogP contribution in [0.2, 0.25) is 25.1 Å². The molecule has 5 nitrogen and oxygen atoms in total. The van der Waals surface area contributed by atoms with E-state index in [-0.39, 0.29) is 5.92 Å². The highest BCUT2D eigenvalue weighted by Crippen LogP contribution is 2.50. The first-order valence-corrected chi connectivity index (χ1v) is 14.0. The van der Waals surface area contributed by atoms with E-state index in [0.29, 0.717) is 50.0 Å². The summed E-state index contributed by atoms with van der Waals surface area (Å²) in [4.78, 5) is 0. The van der Waals surface area contributed by atoms with Crippen molar-refractivity contribution in [3.8, 4) is 11.8 Å². The van der Waals surface area contributed by atoms with Crippen molar-refractivity contribution in [1.29, 1.82) is 0 Å². The van der Waals surface area contributed by atoms with Crippen LogP contribution in [-0.2, 0) is 13.1 Å². The number of hydrogen-bond acceptors (Lipinski definition) is 3. The van der Waals surface area contributed by atoms with Crippen molar-refractivity contribution in [2.24, 2.45) is 0 Å². The van der Waals surface area contributed by atoms with Crippen molar-refractivity contribution >= 4 is 58.0 Å². The van der Waals surface area contributed by atoms with Crippen LogP contribution in [0, 0.1) is 13.8 Å². The third kappa shape index (κ3) is 4.92. The van der Waals surface area contributed by atoms with E-state index in [1.165, 1.54) is 0 Å². The fourth-order valence-electron chi connectivity index (χ4n) is 5.09. The van der Waals surface area contributed by atoms with Gasteiger partial charge in [-0.1, -0.05) is 82.3 Å². The maximum atomic E-state index is 6.67. The molecule has 0 atom stereocenters. The van der Waals surface area contributed by atoms with Gasteiger partial charge in [0.2, 0.25) is 11.8 Å². The lowest BCUT2D eigenvalue weighted by Crippen LogP contribution is -2.16. The topological polar surface area (TPSA) is 44.9 Å². The summed E-state index contributed by atoms with van der Waals surface area (Å²) in [6, 6.07) is 18.7. The van der Waals surface area contributed by atoms with Crippen molar-refractivity contribution in [2.75, 3.05) is 0 Å². The monoisotopic (exact) mass is 616 g/mol. The van der Waals surface area contributed by atoms with Crippen LogP contribution in [0.15, 0.2) is 60.7 Å². The molecule has 6 rings (SSSR count). The third-order valence-corrected chi connectivity index (χ3v) is 8.32. The van der Waals surface area contributed by atoms with E-state index < -0.39 is 0 Å². The van der Waals surface area contributed by atoms with Gasteiger partial charge in [0, 0.05) is 42.2 Å². The number of rotatable bonds is 5. The molecule has 0 bridgehead atoms. The molecule has 10 heteroatoms. The molecule has 2 aromatic heterocycles. The Labute approximate surface area is 250 Å². The van der Waals surface area contributed by atoms with E-state index in [4.69, 9.17) is 72.9 Å². The highest BCUT2D eigenvalue weighted by Gasteiger charge is 2.38. The van der Waals surface area contributed by atoms with Gasteiger partial charge in [0.15, 0.2) is 0 Å². The molecular weight excluding hydrogens is 598 g/mol. The lowest BCUT2D eigenvalue weighted by atomic mass is 9.84. The van der Waals surface area contributed by atoms with Crippen molar-refractivity contribution in [3.63, 3.8) is 0 Å². The van der Waals surface area contributed by atoms with Crippen molar-refractivity contribution in [2.45, 2.75) is 32.9 Å². The van der Waals surface area contributed by atoms with Gasteiger partial charge in [0.1, 0.15) is 0 Å². The van der Waals surface area contributed by atoms with Crippen LogP contribution < -0.4 is 4.74 Å². The molecule has 198 valence electrons. The van der Waals surface area contributed by atoms with Crippen LogP contribution in [0.5, 0.6) is 11.8 Å². The van der Waals surface area contributed by atoms with Gasteiger partial charge in [-0.25, -0.2) is 9.36 Å². The van der Waals surface area contributed by atoms with Gasteiger partial charge in [0.25, 0.3) is 0 Å². The van der Waals surface area contributed by atoms with Gasteiger partial charge in [-0.05, 0) is 66.9 Å². The zero-order valence-corrected chi connectivity index (χ0v) is 24.6. The summed E-state index contributed by atoms with van der Waals surface area (Å²) in [5.74, 6) is 1.11. The SMILES string of the molecule is Cc1nn(Cc2ccc(Cl)cc2Cl)c2c1C(c1ccc(Cl)cc1)c1c(C)nn(Cc3ccc(Cl)cc3Cl)c1O2. The van der Waals surface area contributed by atoms with Crippen molar-refractivity contribution < 1.29 is 4.74 Å². The summed E-state index contributed by atoms with van der Waals surface area (Å²) in [7, 11) is 0. The van der Waals surface area contributed by atoms with Gasteiger partial charge in [-0.15, -0.1) is 0 Å². The Bertz CT molecular complexity index is 1620. The van der Waals surface area contributed by atoms with E-state index >= 15 is 0 Å². The summed E-state index contributed by atoms with van der Waals surface area (Å²) in [6.07, 6.45) is 0. The number of aromatic nitrogens is 4. The second-order valence-electron chi connectivity index (χ2n) is 9.48. The predicted octanol–water partition coefficient (Wildman–Crippen LogP) is 9.35. The number of hydrogen-bond donors (Lipinski definition) is 0. The maximum Gasteiger partial charge on any atom is 0.224 e. The fourth-order valence-corrected chi connectivity index (χ4v) is 6.15. The van der Waals surface area contributed by atoms with Gasteiger partial charge < -0.3 is 4.74 Å². The van der Waals surface area contributed by atoms with E-state index in [1.54, 1.807) is 12.1 Å². The first-order chi connectivity index (χ1) is 18.7. The molecule has 0 fully saturated rings. The van der Waals surface area contributed by atoms with Crippen LogP contribution in [0.1, 0.15) is 45.1 Å². The van der Waals surface area contributed by atoms with Crippen LogP contribution >= 0.6 is 58.0 Å². The van der Waals surface area contributed by atoms with Gasteiger partial charge in [-0.2, -0.15) is 10.2 Å². The number of benzene rings is 3. The van der Waals surface area contributed by atoms with Crippen molar-refractivity contribution in [3.05, 3.63) is 125 Å². The summed E-state index contributed by atoms with van der Waals surface area (Å²) in [6.45, 7) is 4.79. The van der Waals surface area contributed by atoms with E-state index in [0.717, 1.165) is 39.2 Å². The minimum Gasteiger partial charge on any atom is -0.421 e. The smallest absolute Gasteiger partial charge is 0.224 e. The molecule has 3 heterocycles. The van der Waals surface area contributed by atoms with Crippen LogP contribution in [0.3, 0.4) is 0 Å². The Balaban J connectivity index is 1.51. The minimum atomic E-state index is -0.162. The quantitative estimate of drug-likeness (QED) is 0.193. The molecule has 0 saturated carbocycles. The minimum absolute atomic E-state index is 0.162. The second kappa shape index (κ2) is 10.4. The summed E-state index contributed by atoms with van der Waals surface area (Å²) < 4.78 is 10.3. The number of ether oxygens (including phenoxy) is 1. The van der Waals surface area contributed by atoms with Gasteiger partial charge in [-0.3, -0.25) is 0 Å². The molecule has 3 aromatic carbocycles. The zero-order chi connectivity index (χ0) is 27.4. The molecule has 1 aliphatic heterocycles. The molecule has 0 spiro atoms. The summed E-state index contributed by atoms with van der Waals surface area (Å²) in [5, 5.41) is 12.7. The molecular formula is C29H21Cl5N4O. The van der Waals surface area contributed by atoms with E-state index in [9.17, 15) is 0 Å². The predicted molar refractivity (Wildman–Crippen MR) is 158 cm³/mol. The standard InChI is InChI=1S/C29H21Cl5N4O/c1-15-25-27(17-3-7-20(30)8-4-17)26-16(2)36-38(14-19-6-10-22(32)12-24(19)34)29(26)39-28(25)37(35-15)13-18-5-9-21(31)11-23(18)33/h3-12,27H,13-14H2,1-2H3. The molecule has 0 radical (unpaired) electrons. The zero-order valence-electron chi connectivity index (χ0n) is 20.9. The van der Waals surface area contributed by atoms with E-state index in [1.807, 2.05) is 71.7 Å². The molecule has 0 saturated heterocycles. The fraction of sp³-hybridized carbons (Fsp3) is 0.172. The normalized spacial score (nSPS) is 12.8. The third-order valence-electron chi connectivity index (χ3n) is 6.90. The second-order valence-corrected chi connectivity index (χ2v) is 11.6. The van der Waals surface area contributed by atoms with Crippen LogP contribution in [0.4, 0.5) is 0 Å². The molecule has 0 amide bonds. The molecule has 39 heavy (non-hydrogen) atoms. The average Bonchev–Trinajstić information content (AvgIpc) is 3.37. The van der Waals surface area contributed by atoms with Crippen LogP contribution in [0.25, 0.3) is 0 Å². The summed E-state index contributed by atoms with van der Waals surface area (Å²) in [5.41, 5.74) is 6.47. The number of nitrogens with zero attached hydrogens (tertiary/aromatic N) is 4. The van der Waals surface area contributed by atoms with E-state index in [2.05, 4.69) is 0 Å².